The number of fused-ring (bicyclic) bond motifs is 2. The fourth-order valence-corrected chi connectivity index (χ4v) is 2.82. The average Bonchev–Trinajstić information content (AvgIpc) is 2.69. The van der Waals surface area contributed by atoms with Crippen molar-refractivity contribution in [2.75, 3.05) is 0 Å². The molecule has 0 spiro atoms. The second kappa shape index (κ2) is 2.63. The van der Waals surface area contributed by atoms with E-state index in [2.05, 4.69) is 13.8 Å². The van der Waals surface area contributed by atoms with Crippen LogP contribution in [-0.2, 0) is 11.2 Å². The summed E-state index contributed by atoms with van der Waals surface area (Å²) < 4.78 is 5.46. The summed E-state index contributed by atoms with van der Waals surface area (Å²) in [5, 5.41) is 0. The van der Waals surface area contributed by atoms with E-state index in [1.54, 1.807) is 6.26 Å². The fraction of sp³-hybridized carbons (Fsp3) is 0.462. The van der Waals surface area contributed by atoms with Crippen LogP contribution < -0.4 is 0 Å². The van der Waals surface area contributed by atoms with E-state index in [0.29, 0.717) is 18.1 Å². The Morgan fingerprint density at radius 3 is 3.13 bits per heavy atom. The molecule has 0 aliphatic heterocycles. The van der Waals surface area contributed by atoms with Crippen LogP contribution in [0.3, 0.4) is 0 Å². The van der Waals surface area contributed by atoms with Crippen LogP contribution in [0.5, 0.6) is 0 Å². The van der Waals surface area contributed by atoms with Crippen molar-refractivity contribution in [3.05, 3.63) is 29.2 Å². The van der Waals surface area contributed by atoms with Crippen LogP contribution >= 0.6 is 0 Å². The van der Waals surface area contributed by atoms with Crippen LogP contribution in [0, 0.1) is 11.3 Å². The molecule has 1 aromatic rings. The molecule has 2 atom stereocenters. The summed E-state index contributed by atoms with van der Waals surface area (Å²) >= 11 is 0. The van der Waals surface area contributed by atoms with Crippen molar-refractivity contribution in [2.24, 2.45) is 11.3 Å². The van der Waals surface area contributed by atoms with E-state index in [1.807, 2.05) is 12.1 Å². The first-order chi connectivity index (χ1) is 7.11. The van der Waals surface area contributed by atoms with Crippen molar-refractivity contribution in [2.45, 2.75) is 26.7 Å². The van der Waals surface area contributed by atoms with Crippen LogP contribution in [0.2, 0.25) is 0 Å². The quantitative estimate of drug-likeness (QED) is 0.647. The number of ketones is 1. The summed E-state index contributed by atoms with van der Waals surface area (Å²) in [7, 11) is 0. The van der Waals surface area contributed by atoms with Crippen LogP contribution in [0.1, 0.15) is 31.6 Å². The third-order valence-corrected chi connectivity index (χ3v) is 4.10. The van der Waals surface area contributed by atoms with Crippen molar-refractivity contribution in [3.8, 4) is 0 Å². The summed E-state index contributed by atoms with van der Waals surface area (Å²) in [6.07, 6.45) is 5.29. The molecule has 0 aromatic carbocycles. The molecule has 15 heavy (non-hydrogen) atoms. The summed E-state index contributed by atoms with van der Waals surface area (Å²) in [4.78, 5) is 11.9. The first-order valence-corrected chi connectivity index (χ1v) is 5.43. The van der Waals surface area contributed by atoms with Gasteiger partial charge in [-0.3, -0.25) is 4.79 Å². The molecule has 78 valence electrons. The molecule has 0 radical (unpaired) electrons. The highest BCUT2D eigenvalue weighted by atomic mass is 16.3. The van der Waals surface area contributed by atoms with Gasteiger partial charge in [-0.05, 0) is 18.1 Å². The molecule has 2 nitrogen and oxygen atoms in total. The molecule has 0 unspecified atom stereocenters. The number of carbonyl (C=O) groups excluding carboxylic acids is 1. The molecule has 1 aromatic heterocycles. The highest BCUT2D eigenvalue weighted by Crippen LogP contribution is 2.51. The third kappa shape index (κ3) is 1.02. The third-order valence-electron chi connectivity index (χ3n) is 4.10. The van der Waals surface area contributed by atoms with E-state index in [-0.39, 0.29) is 5.41 Å². The maximum Gasteiger partial charge on any atom is 0.159 e. The van der Waals surface area contributed by atoms with Crippen molar-refractivity contribution < 1.29 is 9.21 Å². The molecule has 0 bridgehead atoms. The van der Waals surface area contributed by atoms with Crippen molar-refractivity contribution in [1.82, 2.24) is 0 Å². The van der Waals surface area contributed by atoms with E-state index in [9.17, 15) is 4.79 Å². The number of rotatable bonds is 0. The fourth-order valence-electron chi connectivity index (χ4n) is 2.82. The van der Waals surface area contributed by atoms with Gasteiger partial charge in [0.2, 0.25) is 0 Å². The Balaban J connectivity index is 2.19. The van der Waals surface area contributed by atoms with Gasteiger partial charge in [0.25, 0.3) is 0 Å². The lowest BCUT2D eigenvalue weighted by Gasteiger charge is -2.32. The van der Waals surface area contributed by atoms with Crippen molar-refractivity contribution >= 4 is 11.9 Å². The van der Waals surface area contributed by atoms with Gasteiger partial charge >= 0.3 is 0 Å². The number of hydrogen-bond donors (Lipinski definition) is 0. The van der Waals surface area contributed by atoms with Crippen LogP contribution in [0.4, 0.5) is 0 Å². The van der Waals surface area contributed by atoms with Gasteiger partial charge in [-0.15, -0.1) is 0 Å². The monoisotopic (exact) mass is 202 g/mol. The Morgan fingerprint density at radius 2 is 2.33 bits per heavy atom. The second-order valence-corrected chi connectivity index (χ2v) is 4.98. The lowest BCUT2D eigenvalue weighted by atomic mass is 9.71. The molecule has 3 rings (SSSR count). The molecular formula is C13H14O2. The molecule has 1 fully saturated rings. The molecule has 0 N–H and O–H groups in total. The summed E-state index contributed by atoms with van der Waals surface area (Å²) in [6, 6.07) is 1.94. The second-order valence-electron chi connectivity index (χ2n) is 4.98. The normalized spacial score (nSPS) is 33.6. The van der Waals surface area contributed by atoms with E-state index in [1.165, 1.54) is 0 Å². The molecule has 2 aliphatic rings. The number of carbonyl (C=O) groups is 1. The van der Waals surface area contributed by atoms with Gasteiger partial charge in [-0.1, -0.05) is 13.8 Å². The minimum absolute atomic E-state index is 0.00192. The van der Waals surface area contributed by atoms with Crippen molar-refractivity contribution in [3.63, 3.8) is 0 Å². The van der Waals surface area contributed by atoms with Gasteiger partial charge in [-0.25, -0.2) is 0 Å². The predicted octanol–water partition coefficient (Wildman–Crippen LogP) is 2.83. The van der Waals surface area contributed by atoms with Crippen LogP contribution in [0.15, 0.2) is 22.3 Å². The lowest BCUT2D eigenvalue weighted by Crippen LogP contribution is -2.27. The Kier molecular flexibility index (Phi) is 1.57. The summed E-state index contributed by atoms with van der Waals surface area (Å²) in [5.41, 5.74) is 2.09. The van der Waals surface area contributed by atoms with Gasteiger partial charge in [0.1, 0.15) is 5.76 Å². The first kappa shape index (κ1) is 8.96. The largest absolute Gasteiger partial charge is 0.469 e. The maximum absolute atomic E-state index is 11.9. The molecule has 2 heteroatoms. The standard InChI is InChI=1S/C13H14O2/c1-8-5-11(14)10-6-9-3-4-15-12(9)7-13(8,10)2/h3-4,6,8H,5,7H2,1-2H3/t8-,13+/m1/s1. The Morgan fingerprint density at radius 1 is 1.53 bits per heavy atom. The zero-order chi connectivity index (χ0) is 10.6. The number of hydrogen-bond acceptors (Lipinski definition) is 2. The summed E-state index contributed by atoms with van der Waals surface area (Å²) in [5.74, 6) is 1.77. The highest BCUT2D eigenvalue weighted by molar-refractivity contribution is 6.04. The maximum atomic E-state index is 11.9. The molecule has 2 aliphatic carbocycles. The van der Waals surface area contributed by atoms with Gasteiger partial charge in [0.15, 0.2) is 5.78 Å². The number of allylic oxidation sites excluding steroid dienone is 1. The van der Waals surface area contributed by atoms with E-state index in [0.717, 1.165) is 23.3 Å². The van der Waals surface area contributed by atoms with Crippen LogP contribution in [-0.4, -0.2) is 5.78 Å². The van der Waals surface area contributed by atoms with E-state index >= 15 is 0 Å². The lowest BCUT2D eigenvalue weighted by molar-refractivity contribution is -0.114. The minimum atomic E-state index is 0.00192. The topological polar surface area (TPSA) is 30.2 Å². The molecule has 0 amide bonds. The summed E-state index contributed by atoms with van der Waals surface area (Å²) in [6.45, 7) is 4.34. The molecule has 1 heterocycles. The molecular weight excluding hydrogens is 188 g/mol. The smallest absolute Gasteiger partial charge is 0.159 e. The van der Waals surface area contributed by atoms with E-state index in [4.69, 9.17) is 4.42 Å². The van der Waals surface area contributed by atoms with Gasteiger partial charge in [0, 0.05) is 29.4 Å². The number of Topliss-reactive ketones (excluding diaryl/α,β-unsaturated/α-hetero) is 1. The van der Waals surface area contributed by atoms with Gasteiger partial charge in [0.05, 0.1) is 6.26 Å². The molecule has 1 saturated carbocycles. The zero-order valence-corrected chi connectivity index (χ0v) is 9.04. The SMILES string of the molecule is C[C@@H]1CC(=O)C2=Cc3ccoc3C[C@]21C. The Hall–Kier alpha value is -1.31. The van der Waals surface area contributed by atoms with Gasteiger partial charge in [-0.2, -0.15) is 0 Å². The minimum Gasteiger partial charge on any atom is -0.469 e. The predicted molar refractivity (Wildman–Crippen MR) is 57.3 cm³/mol. The highest BCUT2D eigenvalue weighted by Gasteiger charge is 2.47. The molecule has 0 saturated heterocycles. The van der Waals surface area contributed by atoms with Crippen LogP contribution in [0.25, 0.3) is 6.08 Å². The van der Waals surface area contributed by atoms with Crippen molar-refractivity contribution in [1.29, 1.82) is 0 Å². The zero-order valence-electron chi connectivity index (χ0n) is 9.04. The number of furan rings is 1. The van der Waals surface area contributed by atoms with E-state index < -0.39 is 0 Å². The Labute approximate surface area is 89.0 Å². The Bertz CT molecular complexity index is 467. The van der Waals surface area contributed by atoms with Gasteiger partial charge < -0.3 is 4.42 Å². The average molecular weight is 202 g/mol. The first-order valence-electron chi connectivity index (χ1n) is 5.43.